The fraction of sp³-hybridized carbons (Fsp3) is 0.238. The molecule has 2 N–H and O–H groups in total. The van der Waals surface area contributed by atoms with Crippen LogP contribution in [0.5, 0.6) is 5.75 Å². The van der Waals surface area contributed by atoms with Crippen molar-refractivity contribution in [2.24, 2.45) is 4.99 Å². The number of nitrogens with zero attached hydrogens (tertiary/aromatic N) is 3. The molecule has 0 saturated carbocycles. The number of aryl methyl sites for hydroxylation is 1. The van der Waals surface area contributed by atoms with Gasteiger partial charge in [-0.15, -0.1) is 0 Å². The average molecular weight is 363 g/mol. The zero-order valence-corrected chi connectivity index (χ0v) is 15.9. The summed E-state index contributed by atoms with van der Waals surface area (Å²) in [5, 5.41) is 11.0. The standard InChI is InChI=1S/C21H25N5O/c1-16-8-9-18(20(12-16)27-3)15-24-21(22-2)23-14-17-6-4-7-19(13-17)26-11-5-10-25-26/h4-13H,14-15H2,1-3H3,(H2,22,23,24). The Labute approximate surface area is 159 Å². The number of methoxy groups -OCH3 is 1. The first-order chi connectivity index (χ1) is 13.2. The minimum atomic E-state index is 0.635. The summed E-state index contributed by atoms with van der Waals surface area (Å²) in [4.78, 5) is 4.30. The number of hydrogen-bond acceptors (Lipinski definition) is 3. The van der Waals surface area contributed by atoms with Gasteiger partial charge in [0.2, 0.25) is 0 Å². The summed E-state index contributed by atoms with van der Waals surface area (Å²) >= 11 is 0. The largest absolute Gasteiger partial charge is 0.496 e. The van der Waals surface area contributed by atoms with Gasteiger partial charge in [0, 0.05) is 38.1 Å². The lowest BCUT2D eigenvalue weighted by molar-refractivity contribution is 0.408. The first-order valence-electron chi connectivity index (χ1n) is 8.86. The summed E-state index contributed by atoms with van der Waals surface area (Å²) in [6.07, 6.45) is 3.71. The molecule has 140 valence electrons. The molecule has 0 saturated heterocycles. The van der Waals surface area contributed by atoms with Gasteiger partial charge in [0.25, 0.3) is 0 Å². The van der Waals surface area contributed by atoms with E-state index in [1.807, 2.05) is 35.1 Å². The lowest BCUT2D eigenvalue weighted by Crippen LogP contribution is -2.36. The van der Waals surface area contributed by atoms with Gasteiger partial charge in [-0.1, -0.05) is 24.3 Å². The number of rotatable bonds is 6. The molecule has 6 nitrogen and oxygen atoms in total. The maximum atomic E-state index is 5.46. The number of aliphatic imine (C=N–C) groups is 1. The highest BCUT2D eigenvalue weighted by Gasteiger charge is 2.05. The third-order valence-corrected chi connectivity index (χ3v) is 4.25. The Hall–Kier alpha value is -3.28. The van der Waals surface area contributed by atoms with E-state index in [-0.39, 0.29) is 0 Å². The third kappa shape index (κ3) is 4.88. The molecule has 0 aliphatic rings. The fourth-order valence-electron chi connectivity index (χ4n) is 2.81. The summed E-state index contributed by atoms with van der Waals surface area (Å²) in [7, 11) is 3.46. The van der Waals surface area contributed by atoms with Crippen LogP contribution in [-0.2, 0) is 13.1 Å². The number of benzene rings is 2. The number of ether oxygens (including phenoxy) is 1. The van der Waals surface area contributed by atoms with Gasteiger partial charge in [-0.25, -0.2) is 4.68 Å². The number of guanidine groups is 1. The van der Waals surface area contributed by atoms with Crippen molar-refractivity contribution < 1.29 is 4.74 Å². The van der Waals surface area contributed by atoms with E-state index in [0.29, 0.717) is 13.1 Å². The van der Waals surface area contributed by atoms with Gasteiger partial charge in [-0.3, -0.25) is 4.99 Å². The van der Waals surface area contributed by atoms with Gasteiger partial charge in [0.15, 0.2) is 5.96 Å². The Balaban J connectivity index is 1.59. The van der Waals surface area contributed by atoms with Crippen molar-refractivity contribution in [3.8, 4) is 11.4 Å². The maximum absolute atomic E-state index is 5.46. The molecule has 0 aliphatic heterocycles. The van der Waals surface area contributed by atoms with Crippen molar-refractivity contribution >= 4 is 5.96 Å². The summed E-state index contributed by atoms with van der Waals surface area (Å²) in [5.74, 6) is 1.62. The molecule has 6 heteroatoms. The molecule has 1 heterocycles. The van der Waals surface area contributed by atoms with Crippen molar-refractivity contribution in [2.75, 3.05) is 14.2 Å². The first kappa shape index (κ1) is 18.5. The van der Waals surface area contributed by atoms with Gasteiger partial charge >= 0.3 is 0 Å². The summed E-state index contributed by atoms with van der Waals surface area (Å²) in [6.45, 7) is 3.36. The van der Waals surface area contributed by atoms with E-state index in [9.17, 15) is 0 Å². The van der Waals surface area contributed by atoms with Gasteiger partial charge in [-0.05, 0) is 42.3 Å². The van der Waals surface area contributed by atoms with Crippen LogP contribution in [0.25, 0.3) is 5.69 Å². The topological polar surface area (TPSA) is 63.5 Å². The average Bonchev–Trinajstić information content (AvgIpc) is 3.24. The van der Waals surface area contributed by atoms with E-state index in [2.05, 4.69) is 51.9 Å². The summed E-state index contributed by atoms with van der Waals surface area (Å²) in [5.41, 5.74) is 4.45. The molecule has 2 aromatic carbocycles. The molecular formula is C21H25N5O. The third-order valence-electron chi connectivity index (χ3n) is 4.25. The van der Waals surface area contributed by atoms with Crippen LogP contribution < -0.4 is 15.4 Å². The second-order valence-electron chi connectivity index (χ2n) is 6.22. The number of nitrogens with one attached hydrogen (secondary N) is 2. The molecular weight excluding hydrogens is 338 g/mol. The molecule has 1 aromatic heterocycles. The van der Waals surface area contributed by atoms with Crippen LogP contribution in [0.2, 0.25) is 0 Å². The molecule has 0 radical (unpaired) electrons. The molecule has 3 aromatic rings. The van der Waals surface area contributed by atoms with E-state index in [4.69, 9.17) is 4.74 Å². The minimum Gasteiger partial charge on any atom is -0.496 e. The Morgan fingerprint density at radius 3 is 2.70 bits per heavy atom. The quantitative estimate of drug-likeness (QED) is 0.522. The number of aromatic nitrogens is 2. The second-order valence-corrected chi connectivity index (χ2v) is 6.22. The molecule has 0 spiro atoms. The van der Waals surface area contributed by atoms with E-state index in [1.165, 1.54) is 5.56 Å². The molecule has 0 aliphatic carbocycles. The predicted molar refractivity (Wildman–Crippen MR) is 108 cm³/mol. The van der Waals surface area contributed by atoms with Gasteiger partial charge in [0.05, 0.1) is 12.8 Å². The summed E-state index contributed by atoms with van der Waals surface area (Å²) < 4.78 is 7.31. The van der Waals surface area contributed by atoms with Gasteiger partial charge in [-0.2, -0.15) is 5.10 Å². The highest BCUT2D eigenvalue weighted by Crippen LogP contribution is 2.19. The maximum Gasteiger partial charge on any atom is 0.191 e. The molecule has 3 rings (SSSR count). The van der Waals surface area contributed by atoms with Crippen LogP contribution in [0.4, 0.5) is 0 Å². The van der Waals surface area contributed by atoms with Crippen LogP contribution in [0, 0.1) is 6.92 Å². The molecule has 0 unspecified atom stereocenters. The lowest BCUT2D eigenvalue weighted by Gasteiger charge is -2.14. The highest BCUT2D eigenvalue weighted by atomic mass is 16.5. The zero-order valence-electron chi connectivity index (χ0n) is 15.9. The van der Waals surface area contributed by atoms with Crippen LogP contribution in [0.1, 0.15) is 16.7 Å². The Morgan fingerprint density at radius 2 is 1.96 bits per heavy atom. The molecule has 0 amide bonds. The van der Waals surface area contributed by atoms with Crippen molar-refractivity contribution in [1.82, 2.24) is 20.4 Å². The van der Waals surface area contributed by atoms with Crippen LogP contribution in [-0.4, -0.2) is 29.9 Å². The SMILES string of the molecule is CN=C(NCc1cccc(-n2cccn2)c1)NCc1ccc(C)cc1OC. The number of hydrogen-bond donors (Lipinski definition) is 2. The Morgan fingerprint density at radius 1 is 1.11 bits per heavy atom. The molecule has 0 bridgehead atoms. The van der Waals surface area contributed by atoms with E-state index in [0.717, 1.165) is 28.5 Å². The van der Waals surface area contributed by atoms with E-state index < -0.39 is 0 Å². The Kier molecular flexibility index (Phi) is 6.10. The van der Waals surface area contributed by atoms with Crippen molar-refractivity contribution in [3.63, 3.8) is 0 Å². The van der Waals surface area contributed by atoms with Gasteiger partial charge < -0.3 is 15.4 Å². The fourth-order valence-corrected chi connectivity index (χ4v) is 2.81. The monoisotopic (exact) mass is 363 g/mol. The normalized spacial score (nSPS) is 11.3. The van der Waals surface area contributed by atoms with E-state index in [1.54, 1.807) is 20.4 Å². The van der Waals surface area contributed by atoms with Gasteiger partial charge in [0.1, 0.15) is 5.75 Å². The van der Waals surface area contributed by atoms with Crippen molar-refractivity contribution in [1.29, 1.82) is 0 Å². The predicted octanol–water partition coefficient (Wildman–Crippen LogP) is 3.05. The minimum absolute atomic E-state index is 0.635. The van der Waals surface area contributed by atoms with Crippen LogP contribution >= 0.6 is 0 Å². The second kappa shape index (κ2) is 8.89. The lowest BCUT2D eigenvalue weighted by atomic mass is 10.1. The Bertz CT molecular complexity index is 903. The van der Waals surface area contributed by atoms with Crippen LogP contribution in [0.15, 0.2) is 65.9 Å². The summed E-state index contributed by atoms with van der Waals surface area (Å²) in [6, 6.07) is 16.4. The molecule has 0 fully saturated rings. The highest BCUT2D eigenvalue weighted by molar-refractivity contribution is 5.79. The van der Waals surface area contributed by atoms with E-state index >= 15 is 0 Å². The zero-order chi connectivity index (χ0) is 19.1. The van der Waals surface area contributed by atoms with Crippen molar-refractivity contribution in [3.05, 3.63) is 77.6 Å². The van der Waals surface area contributed by atoms with Crippen molar-refractivity contribution in [2.45, 2.75) is 20.0 Å². The molecule has 27 heavy (non-hydrogen) atoms. The van der Waals surface area contributed by atoms with Crippen LogP contribution in [0.3, 0.4) is 0 Å². The first-order valence-corrected chi connectivity index (χ1v) is 8.86. The smallest absolute Gasteiger partial charge is 0.191 e. The molecule has 0 atom stereocenters.